The summed E-state index contributed by atoms with van der Waals surface area (Å²) in [5.74, 6) is -0.578. The van der Waals surface area contributed by atoms with E-state index in [0.717, 1.165) is 6.07 Å². The minimum absolute atomic E-state index is 0.0964. The van der Waals surface area contributed by atoms with Crippen molar-refractivity contribution >= 4 is 29.3 Å². The second kappa shape index (κ2) is 9.88. The summed E-state index contributed by atoms with van der Waals surface area (Å²) in [6, 6.07) is 10.9. The van der Waals surface area contributed by atoms with Crippen LogP contribution in [0.1, 0.15) is 12.5 Å². The lowest BCUT2D eigenvalue weighted by atomic mass is 10.2. The van der Waals surface area contributed by atoms with Gasteiger partial charge in [-0.25, -0.2) is 4.79 Å². The fourth-order valence-electron chi connectivity index (χ4n) is 2.37. The summed E-state index contributed by atoms with van der Waals surface area (Å²) in [7, 11) is 2.88. The zero-order chi connectivity index (χ0) is 21.4. The molecular formula is C20H20N2O7. The van der Waals surface area contributed by atoms with E-state index in [1.165, 1.54) is 45.4 Å². The van der Waals surface area contributed by atoms with E-state index in [0.29, 0.717) is 11.3 Å². The van der Waals surface area contributed by atoms with Gasteiger partial charge < -0.3 is 19.5 Å². The van der Waals surface area contributed by atoms with Crippen molar-refractivity contribution in [3.05, 3.63) is 64.2 Å². The largest absolute Gasteiger partial charge is 0.496 e. The number of non-ortho nitro benzene ring substituents is 1. The van der Waals surface area contributed by atoms with E-state index in [4.69, 9.17) is 14.2 Å². The fraction of sp³-hybridized carbons (Fsp3) is 0.200. The number of carbonyl (C=O) groups is 2. The number of hydrogen-bond acceptors (Lipinski definition) is 7. The average Bonchev–Trinajstić information content (AvgIpc) is 2.72. The number of amides is 1. The highest BCUT2D eigenvalue weighted by Crippen LogP contribution is 2.29. The topological polar surface area (TPSA) is 117 Å². The van der Waals surface area contributed by atoms with Crippen LogP contribution in [0.4, 0.5) is 11.4 Å². The van der Waals surface area contributed by atoms with Gasteiger partial charge in [-0.15, -0.1) is 0 Å². The van der Waals surface area contributed by atoms with Crippen LogP contribution in [0.3, 0.4) is 0 Å². The molecule has 0 spiro atoms. The van der Waals surface area contributed by atoms with E-state index in [2.05, 4.69) is 5.32 Å². The molecule has 1 amide bonds. The third-order valence-electron chi connectivity index (χ3n) is 3.85. The lowest BCUT2D eigenvalue weighted by molar-refractivity contribution is -0.384. The minimum atomic E-state index is -1.14. The number of nitro groups is 1. The molecule has 2 aromatic rings. The molecule has 1 atom stereocenters. The van der Waals surface area contributed by atoms with Crippen molar-refractivity contribution in [3.8, 4) is 11.5 Å². The molecule has 0 saturated heterocycles. The first-order chi connectivity index (χ1) is 13.8. The summed E-state index contributed by atoms with van der Waals surface area (Å²) in [4.78, 5) is 34.6. The fourth-order valence-corrected chi connectivity index (χ4v) is 2.37. The third kappa shape index (κ3) is 5.80. The number of nitrogens with one attached hydrogen (secondary N) is 1. The number of rotatable bonds is 8. The number of ether oxygens (including phenoxy) is 3. The van der Waals surface area contributed by atoms with E-state index in [-0.39, 0.29) is 17.1 Å². The van der Waals surface area contributed by atoms with Crippen LogP contribution in [0.25, 0.3) is 6.08 Å². The predicted molar refractivity (Wildman–Crippen MR) is 106 cm³/mol. The van der Waals surface area contributed by atoms with Crippen LogP contribution in [0.15, 0.2) is 48.5 Å². The molecule has 0 aliphatic heterocycles. The Morgan fingerprint density at radius 3 is 2.45 bits per heavy atom. The maximum absolute atomic E-state index is 12.3. The number of esters is 1. The van der Waals surface area contributed by atoms with Crippen molar-refractivity contribution in [2.75, 3.05) is 19.5 Å². The zero-order valence-corrected chi connectivity index (χ0v) is 16.1. The summed E-state index contributed by atoms with van der Waals surface area (Å²) < 4.78 is 15.3. The van der Waals surface area contributed by atoms with Crippen molar-refractivity contribution < 1.29 is 28.7 Å². The standard InChI is InChI=1S/C20H20N2O7/c1-13(29-19(23)11-8-14-6-4-5-7-17(14)27-2)20(24)21-16-12-15(22(25)26)9-10-18(16)28-3/h4-13H,1-3H3,(H,21,24)/b11-8+/t13-/m1/s1. The lowest BCUT2D eigenvalue weighted by Gasteiger charge is -2.14. The summed E-state index contributed by atoms with van der Waals surface area (Å²) in [5, 5.41) is 13.4. The van der Waals surface area contributed by atoms with Gasteiger partial charge in [0.1, 0.15) is 11.5 Å². The molecule has 0 heterocycles. The van der Waals surface area contributed by atoms with Crippen molar-refractivity contribution in [1.82, 2.24) is 0 Å². The molecule has 0 aliphatic rings. The highest BCUT2D eigenvalue weighted by molar-refractivity contribution is 5.98. The van der Waals surface area contributed by atoms with Gasteiger partial charge in [0.15, 0.2) is 6.10 Å². The van der Waals surface area contributed by atoms with Crippen LogP contribution in [0.5, 0.6) is 11.5 Å². The maximum Gasteiger partial charge on any atom is 0.331 e. The van der Waals surface area contributed by atoms with E-state index in [1.54, 1.807) is 24.3 Å². The number of methoxy groups -OCH3 is 2. The third-order valence-corrected chi connectivity index (χ3v) is 3.85. The van der Waals surface area contributed by atoms with Gasteiger partial charge in [0.05, 0.1) is 24.8 Å². The smallest absolute Gasteiger partial charge is 0.331 e. The Morgan fingerprint density at radius 1 is 1.10 bits per heavy atom. The number of nitro benzene ring substituents is 1. The summed E-state index contributed by atoms with van der Waals surface area (Å²) in [5.41, 5.74) is 0.551. The van der Waals surface area contributed by atoms with Crippen LogP contribution in [0, 0.1) is 10.1 Å². The van der Waals surface area contributed by atoms with E-state index in [9.17, 15) is 19.7 Å². The Hall–Kier alpha value is -3.88. The molecule has 0 aliphatic carbocycles. The van der Waals surface area contributed by atoms with E-state index >= 15 is 0 Å². The van der Waals surface area contributed by atoms with Gasteiger partial charge in [0.25, 0.3) is 11.6 Å². The Kier molecular flexibility index (Phi) is 7.30. The van der Waals surface area contributed by atoms with Crippen molar-refractivity contribution in [2.45, 2.75) is 13.0 Å². The molecule has 0 unspecified atom stereocenters. The quantitative estimate of drug-likeness (QED) is 0.313. The van der Waals surface area contributed by atoms with E-state index < -0.39 is 22.9 Å². The number of nitrogens with zero attached hydrogens (tertiary/aromatic N) is 1. The molecule has 2 aromatic carbocycles. The van der Waals surface area contributed by atoms with Crippen LogP contribution < -0.4 is 14.8 Å². The Labute approximate surface area is 167 Å². The Bertz CT molecular complexity index is 940. The highest BCUT2D eigenvalue weighted by atomic mass is 16.6. The van der Waals surface area contributed by atoms with E-state index in [1.807, 2.05) is 0 Å². The van der Waals surface area contributed by atoms with Gasteiger partial charge >= 0.3 is 5.97 Å². The van der Waals surface area contributed by atoms with Crippen molar-refractivity contribution in [3.63, 3.8) is 0 Å². The monoisotopic (exact) mass is 400 g/mol. The normalized spacial score (nSPS) is 11.6. The first-order valence-corrected chi connectivity index (χ1v) is 8.50. The molecule has 0 saturated carbocycles. The van der Waals surface area contributed by atoms with Gasteiger partial charge in [-0.05, 0) is 25.1 Å². The summed E-state index contributed by atoms with van der Waals surface area (Å²) in [6.07, 6.45) is 1.54. The average molecular weight is 400 g/mol. The first kappa shape index (κ1) is 21.4. The summed E-state index contributed by atoms with van der Waals surface area (Å²) >= 11 is 0. The molecule has 2 rings (SSSR count). The number of benzene rings is 2. The number of hydrogen-bond donors (Lipinski definition) is 1. The molecule has 9 heteroatoms. The molecule has 0 aromatic heterocycles. The second-order valence-corrected chi connectivity index (χ2v) is 5.79. The van der Waals surface area contributed by atoms with Crippen LogP contribution in [-0.4, -0.2) is 37.1 Å². The number of para-hydroxylation sites is 1. The molecule has 0 fully saturated rings. The number of anilines is 1. The van der Waals surface area contributed by atoms with Gasteiger partial charge in [-0.1, -0.05) is 18.2 Å². The van der Waals surface area contributed by atoms with Gasteiger partial charge in [-0.2, -0.15) is 0 Å². The molecule has 0 radical (unpaired) electrons. The Balaban J connectivity index is 2.03. The highest BCUT2D eigenvalue weighted by Gasteiger charge is 2.20. The first-order valence-electron chi connectivity index (χ1n) is 8.50. The molecule has 152 valence electrons. The SMILES string of the molecule is COc1ccccc1/C=C/C(=O)O[C@H](C)C(=O)Nc1cc([N+](=O)[O-])ccc1OC. The zero-order valence-electron chi connectivity index (χ0n) is 16.1. The predicted octanol–water partition coefficient (Wildman–Crippen LogP) is 3.20. The van der Waals surface area contributed by atoms with Crippen LogP contribution >= 0.6 is 0 Å². The summed E-state index contributed by atoms with van der Waals surface area (Å²) in [6.45, 7) is 1.38. The van der Waals surface area contributed by atoms with Gasteiger partial charge in [0.2, 0.25) is 0 Å². The minimum Gasteiger partial charge on any atom is -0.496 e. The van der Waals surface area contributed by atoms with Crippen molar-refractivity contribution in [2.24, 2.45) is 0 Å². The molecule has 0 bridgehead atoms. The van der Waals surface area contributed by atoms with Crippen LogP contribution in [0.2, 0.25) is 0 Å². The van der Waals surface area contributed by atoms with Gasteiger partial charge in [0, 0.05) is 23.8 Å². The molecule has 29 heavy (non-hydrogen) atoms. The molecular weight excluding hydrogens is 380 g/mol. The van der Waals surface area contributed by atoms with Gasteiger partial charge in [-0.3, -0.25) is 14.9 Å². The molecule has 1 N–H and O–H groups in total. The lowest BCUT2D eigenvalue weighted by Crippen LogP contribution is -2.29. The number of carbonyl (C=O) groups excluding carboxylic acids is 2. The Morgan fingerprint density at radius 2 is 1.79 bits per heavy atom. The van der Waals surface area contributed by atoms with Crippen LogP contribution in [-0.2, 0) is 14.3 Å². The maximum atomic E-state index is 12.3. The second-order valence-electron chi connectivity index (χ2n) is 5.79. The molecule has 9 nitrogen and oxygen atoms in total. The van der Waals surface area contributed by atoms with Crippen molar-refractivity contribution in [1.29, 1.82) is 0 Å².